The van der Waals surface area contributed by atoms with Crippen molar-refractivity contribution < 1.29 is 9.90 Å². The zero-order valence-electron chi connectivity index (χ0n) is 11.3. The van der Waals surface area contributed by atoms with E-state index in [1.165, 1.54) is 38.0 Å². The molecule has 0 aliphatic carbocycles. The first-order valence-corrected chi connectivity index (χ1v) is 7.11. The number of rotatable bonds is 5. The molecule has 0 aromatic heterocycles. The van der Waals surface area contributed by atoms with E-state index in [-0.39, 0.29) is 0 Å². The summed E-state index contributed by atoms with van der Waals surface area (Å²) in [6.45, 7) is 3.92. The summed E-state index contributed by atoms with van der Waals surface area (Å²) in [4.78, 5) is 10.5. The van der Waals surface area contributed by atoms with Crippen LogP contribution in [0.4, 0.5) is 10.5 Å². The van der Waals surface area contributed by atoms with Gasteiger partial charge in [-0.05, 0) is 31.4 Å². The summed E-state index contributed by atoms with van der Waals surface area (Å²) in [7, 11) is 0. The lowest BCUT2D eigenvalue weighted by molar-refractivity contribution is 0.191. The molecule has 1 saturated heterocycles. The molecule has 0 unspecified atom stereocenters. The number of likely N-dealkylation sites (tertiary alicyclic amines) is 1. The van der Waals surface area contributed by atoms with Crippen LogP contribution in [-0.2, 0) is 0 Å². The molecule has 1 aromatic carbocycles. The second-order valence-electron chi connectivity index (χ2n) is 5.30. The van der Waals surface area contributed by atoms with Crippen molar-refractivity contribution >= 4 is 11.8 Å². The third-order valence-electron chi connectivity index (χ3n) is 4.02. The molecule has 1 aromatic rings. The van der Waals surface area contributed by atoms with Gasteiger partial charge in [-0.1, -0.05) is 18.2 Å². The highest BCUT2D eigenvalue weighted by Gasteiger charge is 2.31. The van der Waals surface area contributed by atoms with Gasteiger partial charge in [-0.15, -0.1) is 0 Å². The standard InChI is InChI=1S/C15H22N2O2/c18-15(19)16-10-7-13-17(11-5-2-6-12-17)14-8-3-1-4-9-14/h1,3-4,8-9,16H,2,5-7,10-13H2/p+1. The Labute approximate surface area is 114 Å². The van der Waals surface area contributed by atoms with Gasteiger partial charge < -0.3 is 10.4 Å². The summed E-state index contributed by atoms with van der Waals surface area (Å²) in [6.07, 6.45) is 3.81. The minimum atomic E-state index is -0.926. The number of para-hydroxylation sites is 1. The van der Waals surface area contributed by atoms with Crippen molar-refractivity contribution in [3.05, 3.63) is 30.3 Å². The molecule has 2 rings (SSSR count). The molecule has 4 nitrogen and oxygen atoms in total. The van der Waals surface area contributed by atoms with Crippen LogP contribution >= 0.6 is 0 Å². The van der Waals surface area contributed by atoms with E-state index in [9.17, 15) is 4.79 Å². The molecule has 0 atom stereocenters. The summed E-state index contributed by atoms with van der Waals surface area (Å²) in [5.74, 6) is 0. The zero-order valence-corrected chi connectivity index (χ0v) is 11.3. The third kappa shape index (κ3) is 3.70. The number of nitrogens with one attached hydrogen (secondary N) is 1. The predicted octanol–water partition coefficient (Wildman–Crippen LogP) is 2.84. The molecule has 1 aliphatic rings. The largest absolute Gasteiger partial charge is 0.465 e. The van der Waals surface area contributed by atoms with Gasteiger partial charge in [-0.25, -0.2) is 4.79 Å². The smallest absolute Gasteiger partial charge is 0.404 e. The molecule has 4 heteroatoms. The highest BCUT2D eigenvalue weighted by atomic mass is 16.4. The molecule has 0 bridgehead atoms. The van der Waals surface area contributed by atoms with Crippen molar-refractivity contribution in [3.8, 4) is 0 Å². The van der Waals surface area contributed by atoms with Crippen LogP contribution in [0.15, 0.2) is 30.3 Å². The first kappa shape index (κ1) is 13.9. The number of benzene rings is 1. The van der Waals surface area contributed by atoms with Crippen LogP contribution < -0.4 is 9.80 Å². The lowest BCUT2D eigenvalue weighted by Crippen LogP contribution is -2.53. The number of quaternary nitrogens is 1. The van der Waals surface area contributed by atoms with Crippen molar-refractivity contribution in [2.24, 2.45) is 0 Å². The molecule has 0 spiro atoms. The van der Waals surface area contributed by atoms with Gasteiger partial charge in [0.15, 0.2) is 0 Å². The highest BCUT2D eigenvalue weighted by Crippen LogP contribution is 2.28. The van der Waals surface area contributed by atoms with E-state index in [2.05, 4.69) is 35.6 Å². The molecule has 104 valence electrons. The Balaban J connectivity index is 2.01. The van der Waals surface area contributed by atoms with Crippen molar-refractivity contribution in [1.29, 1.82) is 0 Å². The Bertz CT molecular complexity index is 400. The van der Waals surface area contributed by atoms with E-state index in [1.54, 1.807) is 0 Å². The van der Waals surface area contributed by atoms with E-state index in [0.717, 1.165) is 17.4 Å². The van der Waals surface area contributed by atoms with Gasteiger partial charge in [0.1, 0.15) is 5.69 Å². The van der Waals surface area contributed by atoms with Crippen LogP contribution in [-0.4, -0.2) is 37.4 Å². The summed E-state index contributed by atoms with van der Waals surface area (Å²) in [5, 5.41) is 11.1. The summed E-state index contributed by atoms with van der Waals surface area (Å²) in [6, 6.07) is 10.7. The topological polar surface area (TPSA) is 49.3 Å². The van der Waals surface area contributed by atoms with Crippen molar-refractivity contribution in [3.63, 3.8) is 0 Å². The average molecular weight is 263 g/mol. The van der Waals surface area contributed by atoms with E-state index in [1.807, 2.05) is 0 Å². The fourth-order valence-electron chi connectivity index (χ4n) is 3.05. The predicted molar refractivity (Wildman–Crippen MR) is 77.3 cm³/mol. The second kappa shape index (κ2) is 6.57. The fraction of sp³-hybridized carbons (Fsp3) is 0.533. The van der Waals surface area contributed by atoms with Crippen LogP contribution in [0.3, 0.4) is 0 Å². The van der Waals surface area contributed by atoms with Gasteiger partial charge in [0, 0.05) is 13.0 Å². The molecule has 1 fully saturated rings. The van der Waals surface area contributed by atoms with Gasteiger partial charge in [0.25, 0.3) is 0 Å². The molecule has 2 N–H and O–H groups in total. The maximum Gasteiger partial charge on any atom is 0.404 e. The summed E-state index contributed by atoms with van der Waals surface area (Å²) in [5.41, 5.74) is 1.37. The Morgan fingerprint density at radius 3 is 2.47 bits per heavy atom. The lowest BCUT2D eigenvalue weighted by Gasteiger charge is -2.41. The number of amides is 1. The van der Waals surface area contributed by atoms with E-state index in [0.29, 0.717) is 6.54 Å². The third-order valence-corrected chi connectivity index (χ3v) is 4.02. The number of carbonyl (C=O) groups is 1. The van der Waals surface area contributed by atoms with Crippen molar-refractivity contribution in [1.82, 2.24) is 9.80 Å². The lowest BCUT2D eigenvalue weighted by atomic mass is 10.0. The minimum Gasteiger partial charge on any atom is -0.465 e. The van der Waals surface area contributed by atoms with Gasteiger partial charge in [-0.2, -0.15) is 0 Å². The van der Waals surface area contributed by atoms with Crippen LogP contribution in [0.25, 0.3) is 0 Å². The number of hydrogen-bond donors (Lipinski definition) is 2. The SMILES string of the molecule is O=C(O)NCCC[N+]1(c2ccccc2)CCCCC1. The van der Waals surface area contributed by atoms with Gasteiger partial charge >= 0.3 is 6.09 Å². The van der Waals surface area contributed by atoms with E-state index >= 15 is 0 Å². The van der Waals surface area contributed by atoms with Crippen LogP contribution in [0, 0.1) is 0 Å². The molecule has 0 radical (unpaired) electrons. The fourth-order valence-corrected chi connectivity index (χ4v) is 3.05. The minimum absolute atomic E-state index is 0.544. The first-order valence-electron chi connectivity index (χ1n) is 7.11. The van der Waals surface area contributed by atoms with Gasteiger partial charge in [0.2, 0.25) is 0 Å². The Kier molecular flexibility index (Phi) is 4.80. The van der Waals surface area contributed by atoms with Crippen LogP contribution in [0.5, 0.6) is 0 Å². The molecule has 0 saturated carbocycles. The molecule has 19 heavy (non-hydrogen) atoms. The Morgan fingerprint density at radius 2 is 1.84 bits per heavy atom. The van der Waals surface area contributed by atoms with Gasteiger partial charge in [-0.3, -0.25) is 4.48 Å². The molecule has 1 aliphatic heterocycles. The summed E-state index contributed by atoms with van der Waals surface area (Å²) >= 11 is 0. The number of hydrogen-bond acceptors (Lipinski definition) is 1. The van der Waals surface area contributed by atoms with Crippen molar-refractivity contribution in [2.45, 2.75) is 25.7 Å². The van der Waals surface area contributed by atoms with Crippen LogP contribution in [0.1, 0.15) is 25.7 Å². The number of piperidine rings is 1. The van der Waals surface area contributed by atoms with E-state index in [4.69, 9.17) is 5.11 Å². The van der Waals surface area contributed by atoms with E-state index < -0.39 is 6.09 Å². The second-order valence-corrected chi connectivity index (χ2v) is 5.30. The number of carboxylic acid groups (broad SMARTS) is 1. The first-order chi connectivity index (χ1) is 9.23. The molecule has 1 heterocycles. The van der Waals surface area contributed by atoms with Gasteiger partial charge in [0.05, 0.1) is 19.6 Å². The number of nitrogens with zero attached hydrogens (tertiary/aromatic N) is 1. The van der Waals surface area contributed by atoms with Crippen molar-refractivity contribution in [2.75, 3.05) is 26.2 Å². The average Bonchev–Trinajstić information content (AvgIpc) is 2.45. The molecular formula is C15H23N2O2+. The van der Waals surface area contributed by atoms with Crippen LogP contribution in [0.2, 0.25) is 0 Å². The maximum absolute atomic E-state index is 10.5. The Hall–Kier alpha value is -1.55. The monoisotopic (exact) mass is 263 g/mol. The zero-order chi connectivity index (χ0) is 13.6. The normalized spacial score (nSPS) is 17.9. The summed E-state index contributed by atoms with van der Waals surface area (Å²) < 4.78 is 1.02. The Morgan fingerprint density at radius 1 is 1.16 bits per heavy atom. The highest BCUT2D eigenvalue weighted by molar-refractivity contribution is 5.64. The quantitative estimate of drug-likeness (QED) is 0.634. The molecule has 1 amide bonds. The molecular weight excluding hydrogens is 240 g/mol. The maximum atomic E-state index is 10.5.